The second-order valence-corrected chi connectivity index (χ2v) is 6.93. The molecule has 0 atom stereocenters. The molecule has 1 aromatic heterocycles. The highest BCUT2D eigenvalue weighted by molar-refractivity contribution is 9.10. The SMILES string of the molecule is Cn1ncc(Cl)c1CNC(=O)c1cccc(COc2ccccc2Br)c1. The average molecular weight is 435 g/mol. The van der Waals surface area contributed by atoms with Crippen molar-refractivity contribution in [3.8, 4) is 5.75 Å². The molecule has 0 radical (unpaired) electrons. The number of aromatic nitrogens is 2. The maximum absolute atomic E-state index is 12.4. The van der Waals surface area contributed by atoms with E-state index in [0.29, 0.717) is 23.7 Å². The van der Waals surface area contributed by atoms with Crippen molar-refractivity contribution in [2.75, 3.05) is 0 Å². The van der Waals surface area contributed by atoms with Gasteiger partial charge in [0.15, 0.2) is 0 Å². The van der Waals surface area contributed by atoms with Gasteiger partial charge in [0.1, 0.15) is 12.4 Å². The minimum absolute atomic E-state index is 0.176. The van der Waals surface area contributed by atoms with Crippen LogP contribution in [-0.4, -0.2) is 15.7 Å². The Kier molecular flexibility index (Phi) is 5.96. The molecule has 3 rings (SSSR count). The fourth-order valence-corrected chi connectivity index (χ4v) is 3.06. The number of carbonyl (C=O) groups is 1. The quantitative estimate of drug-likeness (QED) is 0.628. The summed E-state index contributed by atoms with van der Waals surface area (Å²) in [5.74, 6) is 0.582. The number of carbonyl (C=O) groups excluding carboxylic acids is 1. The maximum atomic E-state index is 12.4. The van der Waals surface area contributed by atoms with E-state index in [-0.39, 0.29) is 5.91 Å². The number of rotatable bonds is 6. The Morgan fingerprint density at radius 1 is 1.27 bits per heavy atom. The Morgan fingerprint density at radius 2 is 2.08 bits per heavy atom. The van der Waals surface area contributed by atoms with Crippen LogP contribution in [0.5, 0.6) is 5.75 Å². The van der Waals surface area contributed by atoms with Crippen LogP contribution in [0.1, 0.15) is 21.6 Å². The van der Waals surface area contributed by atoms with E-state index in [2.05, 4.69) is 26.3 Å². The number of benzene rings is 2. The normalized spacial score (nSPS) is 10.6. The van der Waals surface area contributed by atoms with Crippen molar-refractivity contribution in [2.45, 2.75) is 13.2 Å². The third-order valence-electron chi connectivity index (χ3n) is 3.85. The van der Waals surface area contributed by atoms with E-state index in [1.807, 2.05) is 42.5 Å². The topological polar surface area (TPSA) is 56.2 Å². The first-order valence-corrected chi connectivity index (χ1v) is 9.12. The fourth-order valence-electron chi connectivity index (χ4n) is 2.43. The molecule has 1 amide bonds. The van der Waals surface area contributed by atoms with Crippen molar-refractivity contribution in [3.05, 3.63) is 81.0 Å². The maximum Gasteiger partial charge on any atom is 0.251 e. The molecular formula is C19H17BrClN3O2. The monoisotopic (exact) mass is 433 g/mol. The number of aryl methyl sites for hydroxylation is 1. The van der Waals surface area contributed by atoms with Crippen LogP contribution in [-0.2, 0) is 20.2 Å². The number of halogens is 2. The first-order valence-electron chi connectivity index (χ1n) is 7.95. The molecule has 2 aromatic carbocycles. The number of para-hydroxylation sites is 1. The largest absolute Gasteiger partial charge is 0.488 e. The molecule has 0 saturated heterocycles. The van der Waals surface area contributed by atoms with Gasteiger partial charge in [-0.3, -0.25) is 9.48 Å². The molecule has 0 unspecified atom stereocenters. The van der Waals surface area contributed by atoms with E-state index < -0.39 is 0 Å². The smallest absolute Gasteiger partial charge is 0.251 e. The predicted molar refractivity (Wildman–Crippen MR) is 104 cm³/mol. The van der Waals surface area contributed by atoms with Crippen molar-refractivity contribution in [2.24, 2.45) is 7.05 Å². The highest BCUT2D eigenvalue weighted by atomic mass is 79.9. The first kappa shape index (κ1) is 18.5. The summed E-state index contributed by atoms with van der Waals surface area (Å²) < 4.78 is 8.33. The second kappa shape index (κ2) is 8.38. The zero-order valence-electron chi connectivity index (χ0n) is 14.1. The van der Waals surface area contributed by atoms with Crippen LogP contribution < -0.4 is 10.1 Å². The van der Waals surface area contributed by atoms with E-state index in [1.54, 1.807) is 24.0 Å². The molecular weight excluding hydrogens is 418 g/mol. The Balaban J connectivity index is 1.63. The van der Waals surface area contributed by atoms with Crippen LogP contribution in [0.2, 0.25) is 5.02 Å². The fraction of sp³-hybridized carbons (Fsp3) is 0.158. The summed E-state index contributed by atoms with van der Waals surface area (Å²) in [6, 6.07) is 15.0. The van der Waals surface area contributed by atoms with Crippen LogP contribution in [0.4, 0.5) is 0 Å². The third kappa shape index (κ3) is 4.45. The number of hydrogen-bond acceptors (Lipinski definition) is 3. The summed E-state index contributed by atoms with van der Waals surface area (Å²) >= 11 is 9.51. The van der Waals surface area contributed by atoms with E-state index >= 15 is 0 Å². The molecule has 5 nitrogen and oxygen atoms in total. The first-order chi connectivity index (χ1) is 12.5. The summed E-state index contributed by atoms with van der Waals surface area (Å²) in [5, 5.41) is 7.45. The molecule has 0 aliphatic heterocycles. The molecule has 1 heterocycles. The highest BCUT2D eigenvalue weighted by Crippen LogP contribution is 2.24. The van der Waals surface area contributed by atoms with Gasteiger partial charge in [-0.15, -0.1) is 0 Å². The van der Waals surface area contributed by atoms with Crippen LogP contribution in [0.15, 0.2) is 59.2 Å². The van der Waals surface area contributed by atoms with Crippen molar-refractivity contribution >= 4 is 33.4 Å². The number of hydrogen-bond donors (Lipinski definition) is 1. The lowest BCUT2D eigenvalue weighted by molar-refractivity contribution is 0.0950. The zero-order chi connectivity index (χ0) is 18.5. The molecule has 0 fully saturated rings. The van der Waals surface area contributed by atoms with Crippen molar-refractivity contribution in [1.29, 1.82) is 0 Å². The van der Waals surface area contributed by atoms with Crippen molar-refractivity contribution in [3.63, 3.8) is 0 Å². The molecule has 134 valence electrons. The van der Waals surface area contributed by atoms with Gasteiger partial charge in [0.05, 0.1) is 27.9 Å². The summed E-state index contributed by atoms with van der Waals surface area (Å²) in [7, 11) is 1.78. The van der Waals surface area contributed by atoms with Gasteiger partial charge in [-0.05, 0) is 45.8 Å². The Labute approximate surface area is 165 Å². The van der Waals surface area contributed by atoms with Crippen molar-refractivity contribution in [1.82, 2.24) is 15.1 Å². The predicted octanol–water partition coefficient (Wildman–Crippen LogP) is 4.35. The van der Waals surface area contributed by atoms with Gasteiger partial charge in [0.2, 0.25) is 0 Å². The lowest BCUT2D eigenvalue weighted by Crippen LogP contribution is -2.24. The number of amides is 1. The standard InChI is InChI=1S/C19H17BrClN3O2/c1-24-17(16(21)10-23-24)11-22-19(25)14-6-4-5-13(9-14)12-26-18-8-3-2-7-15(18)20/h2-10H,11-12H2,1H3,(H,22,25). The van der Waals surface area contributed by atoms with Crippen LogP contribution in [0.25, 0.3) is 0 Å². The molecule has 0 aliphatic carbocycles. The third-order valence-corrected chi connectivity index (χ3v) is 4.82. The summed E-state index contributed by atoms with van der Waals surface area (Å²) in [6.45, 7) is 0.684. The van der Waals surface area contributed by atoms with Crippen LogP contribution in [0.3, 0.4) is 0 Å². The van der Waals surface area contributed by atoms with E-state index in [1.165, 1.54) is 0 Å². The molecule has 0 spiro atoms. The zero-order valence-corrected chi connectivity index (χ0v) is 16.4. The van der Waals surface area contributed by atoms with Gasteiger partial charge in [-0.1, -0.05) is 35.9 Å². The Hall–Kier alpha value is -2.31. The van der Waals surface area contributed by atoms with E-state index in [9.17, 15) is 4.79 Å². The van der Waals surface area contributed by atoms with Crippen molar-refractivity contribution < 1.29 is 9.53 Å². The van der Waals surface area contributed by atoms with Gasteiger partial charge < -0.3 is 10.1 Å². The Morgan fingerprint density at radius 3 is 2.81 bits per heavy atom. The molecule has 0 aliphatic rings. The minimum atomic E-state index is -0.176. The van der Waals surface area contributed by atoms with E-state index in [4.69, 9.17) is 16.3 Å². The molecule has 1 N–H and O–H groups in total. The lowest BCUT2D eigenvalue weighted by atomic mass is 10.1. The van der Waals surface area contributed by atoms with Gasteiger partial charge in [-0.2, -0.15) is 5.10 Å². The molecule has 26 heavy (non-hydrogen) atoms. The number of ether oxygens (including phenoxy) is 1. The minimum Gasteiger partial charge on any atom is -0.488 e. The number of nitrogens with zero attached hydrogens (tertiary/aromatic N) is 2. The molecule has 0 saturated carbocycles. The molecule has 3 aromatic rings. The average Bonchev–Trinajstić information content (AvgIpc) is 2.97. The molecule has 7 heteroatoms. The van der Waals surface area contributed by atoms with Crippen LogP contribution >= 0.6 is 27.5 Å². The van der Waals surface area contributed by atoms with Crippen LogP contribution in [0, 0.1) is 0 Å². The van der Waals surface area contributed by atoms with Gasteiger partial charge in [0.25, 0.3) is 5.91 Å². The summed E-state index contributed by atoms with van der Waals surface area (Å²) in [6.07, 6.45) is 1.56. The Bertz CT molecular complexity index is 907. The van der Waals surface area contributed by atoms with E-state index in [0.717, 1.165) is 21.5 Å². The number of nitrogens with one attached hydrogen (secondary N) is 1. The summed E-state index contributed by atoms with van der Waals surface area (Å²) in [5.41, 5.74) is 2.23. The van der Waals surface area contributed by atoms with Gasteiger partial charge in [0, 0.05) is 12.6 Å². The summed E-state index contributed by atoms with van der Waals surface area (Å²) in [4.78, 5) is 12.4. The van der Waals surface area contributed by atoms with Gasteiger partial charge in [-0.25, -0.2) is 0 Å². The second-order valence-electron chi connectivity index (χ2n) is 5.66. The lowest BCUT2D eigenvalue weighted by Gasteiger charge is -2.10. The highest BCUT2D eigenvalue weighted by Gasteiger charge is 2.11. The molecule has 0 bridgehead atoms. The van der Waals surface area contributed by atoms with Gasteiger partial charge >= 0.3 is 0 Å².